The zero-order valence-corrected chi connectivity index (χ0v) is 18.3. The van der Waals surface area contributed by atoms with E-state index in [-0.39, 0.29) is 11.9 Å². The molecule has 30 heavy (non-hydrogen) atoms. The molecule has 0 spiro atoms. The maximum atomic E-state index is 12.7. The summed E-state index contributed by atoms with van der Waals surface area (Å²) in [6, 6.07) is 15.1. The Hall–Kier alpha value is -2.37. The molecule has 3 N–H and O–H groups in total. The van der Waals surface area contributed by atoms with Gasteiger partial charge in [-0.1, -0.05) is 35.9 Å². The third kappa shape index (κ3) is 5.02. The predicted molar refractivity (Wildman–Crippen MR) is 118 cm³/mol. The van der Waals surface area contributed by atoms with Gasteiger partial charge >= 0.3 is 0 Å². The van der Waals surface area contributed by atoms with Gasteiger partial charge in [-0.3, -0.25) is 4.79 Å². The summed E-state index contributed by atoms with van der Waals surface area (Å²) in [5.74, 6) is 1.17. The van der Waals surface area contributed by atoms with Gasteiger partial charge in [0.05, 0.1) is 13.2 Å². The fourth-order valence-electron chi connectivity index (χ4n) is 5.00. The Morgan fingerprint density at radius 3 is 2.67 bits per heavy atom. The first kappa shape index (κ1) is 20.9. The molecule has 1 saturated heterocycles. The van der Waals surface area contributed by atoms with Crippen LogP contribution in [0.4, 0.5) is 0 Å². The van der Waals surface area contributed by atoms with Crippen LogP contribution < -0.4 is 19.9 Å². The van der Waals surface area contributed by atoms with Crippen molar-refractivity contribution in [3.8, 4) is 5.75 Å². The Bertz CT molecular complexity index is 874. The van der Waals surface area contributed by atoms with E-state index in [1.807, 2.05) is 0 Å². The largest absolute Gasteiger partial charge is 0.496 e. The first-order valence-corrected chi connectivity index (χ1v) is 11.3. The van der Waals surface area contributed by atoms with E-state index in [0.29, 0.717) is 6.54 Å². The molecule has 2 aromatic carbocycles. The summed E-state index contributed by atoms with van der Waals surface area (Å²) in [6.07, 6.45) is 3.33. The molecule has 2 aromatic rings. The number of carbonyl (C=O) groups excluding carboxylic acids is 1. The number of amides is 1. The third-order valence-corrected chi connectivity index (χ3v) is 6.66. The number of hydrogen-bond donors (Lipinski definition) is 3. The monoisotopic (exact) mass is 409 g/mol. The van der Waals surface area contributed by atoms with Gasteiger partial charge in [0.25, 0.3) is 5.91 Å². The molecule has 1 heterocycles. The van der Waals surface area contributed by atoms with E-state index >= 15 is 0 Å². The van der Waals surface area contributed by atoms with Crippen LogP contribution in [0.3, 0.4) is 0 Å². The van der Waals surface area contributed by atoms with Crippen LogP contribution in [0.2, 0.25) is 0 Å². The maximum Gasteiger partial charge on any atom is 0.275 e. The van der Waals surface area contributed by atoms with Crippen molar-refractivity contribution in [2.75, 3.05) is 39.8 Å². The van der Waals surface area contributed by atoms with E-state index in [2.05, 4.69) is 54.7 Å². The molecule has 5 heteroatoms. The van der Waals surface area contributed by atoms with Gasteiger partial charge in [0.2, 0.25) is 0 Å². The van der Waals surface area contributed by atoms with Crippen LogP contribution in [0.25, 0.3) is 0 Å². The highest BCUT2D eigenvalue weighted by atomic mass is 16.5. The van der Waals surface area contributed by atoms with Crippen molar-refractivity contribution in [2.45, 2.75) is 38.8 Å². The molecule has 0 bridgehead atoms. The van der Waals surface area contributed by atoms with Crippen molar-refractivity contribution in [3.05, 3.63) is 64.7 Å². The molecule has 160 valence electrons. The highest BCUT2D eigenvalue weighted by molar-refractivity contribution is 5.77. The van der Waals surface area contributed by atoms with E-state index in [1.54, 1.807) is 12.0 Å². The summed E-state index contributed by atoms with van der Waals surface area (Å²) >= 11 is 0. The van der Waals surface area contributed by atoms with Crippen LogP contribution in [0.15, 0.2) is 42.5 Å². The molecule has 0 saturated carbocycles. The molecule has 2 aliphatic rings. The highest BCUT2D eigenvalue weighted by Crippen LogP contribution is 2.29. The lowest BCUT2D eigenvalue weighted by molar-refractivity contribution is -1.02. The Morgan fingerprint density at radius 2 is 1.87 bits per heavy atom. The number of carbonyl (C=O) groups is 1. The fourth-order valence-corrected chi connectivity index (χ4v) is 5.00. The van der Waals surface area contributed by atoms with Crippen molar-refractivity contribution in [2.24, 2.45) is 0 Å². The Kier molecular flexibility index (Phi) is 6.70. The summed E-state index contributed by atoms with van der Waals surface area (Å²) in [6.45, 7) is 7.96. The predicted octanol–water partition coefficient (Wildman–Crippen LogP) is 0.481. The minimum atomic E-state index is 0.183. The van der Waals surface area contributed by atoms with Crippen LogP contribution in [-0.4, -0.2) is 45.7 Å². The lowest BCUT2D eigenvalue weighted by Gasteiger charge is -2.31. The van der Waals surface area contributed by atoms with Gasteiger partial charge in [0.15, 0.2) is 6.54 Å². The number of nitrogens with one attached hydrogen (secondary N) is 3. The van der Waals surface area contributed by atoms with E-state index in [9.17, 15) is 4.79 Å². The smallest absolute Gasteiger partial charge is 0.275 e. The van der Waals surface area contributed by atoms with Crippen molar-refractivity contribution in [3.63, 3.8) is 0 Å². The SMILES string of the molecule is COc1ccc(C)cc1C[NH+]1CC[NH+](CC(=O)N[C@H]2CCCc3ccccc32)CC1. The number of piperazine rings is 1. The Labute approximate surface area is 180 Å². The van der Waals surface area contributed by atoms with E-state index in [0.717, 1.165) is 57.7 Å². The number of benzene rings is 2. The van der Waals surface area contributed by atoms with E-state index in [4.69, 9.17) is 4.74 Å². The lowest BCUT2D eigenvalue weighted by atomic mass is 9.88. The molecule has 1 aliphatic heterocycles. The molecule has 5 nitrogen and oxygen atoms in total. The molecule has 1 fully saturated rings. The summed E-state index contributed by atoms with van der Waals surface area (Å²) in [5, 5.41) is 3.31. The normalized spacial score (nSPS) is 23.5. The average Bonchev–Trinajstić information content (AvgIpc) is 2.75. The second kappa shape index (κ2) is 9.63. The number of aryl methyl sites for hydroxylation is 2. The molecule has 0 aromatic heterocycles. The minimum absolute atomic E-state index is 0.183. The molecule has 1 amide bonds. The van der Waals surface area contributed by atoms with Crippen molar-refractivity contribution in [1.29, 1.82) is 0 Å². The van der Waals surface area contributed by atoms with Crippen LogP contribution in [0.1, 0.15) is 41.1 Å². The molecule has 4 rings (SSSR count). The van der Waals surface area contributed by atoms with Crippen LogP contribution in [0, 0.1) is 6.92 Å². The zero-order chi connectivity index (χ0) is 20.9. The fraction of sp³-hybridized carbons (Fsp3) is 0.480. The summed E-state index contributed by atoms with van der Waals surface area (Å²) in [5.41, 5.74) is 5.26. The number of fused-ring (bicyclic) bond motifs is 1. The Balaban J connectivity index is 1.26. The van der Waals surface area contributed by atoms with Crippen LogP contribution in [0.5, 0.6) is 5.75 Å². The third-order valence-electron chi connectivity index (χ3n) is 6.66. The first-order chi connectivity index (χ1) is 14.6. The first-order valence-electron chi connectivity index (χ1n) is 11.3. The quantitative estimate of drug-likeness (QED) is 0.650. The maximum absolute atomic E-state index is 12.7. The van der Waals surface area contributed by atoms with E-state index in [1.165, 1.54) is 27.2 Å². The summed E-state index contributed by atoms with van der Waals surface area (Å²) < 4.78 is 5.54. The number of methoxy groups -OCH3 is 1. The molecular weight excluding hydrogens is 374 g/mol. The van der Waals surface area contributed by atoms with Crippen molar-refractivity contribution < 1.29 is 19.3 Å². The molecule has 1 atom stereocenters. The lowest BCUT2D eigenvalue weighted by Crippen LogP contribution is -3.28. The topological polar surface area (TPSA) is 47.2 Å². The zero-order valence-electron chi connectivity index (χ0n) is 18.3. The summed E-state index contributed by atoms with van der Waals surface area (Å²) in [7, 11) is 1.74. The highest BCUT2D eigenvalue weighted by Gasteiger charge is 2.27. The second-order valence-corrected chi connectivity index (χ2v) is 8.88. The Morgan fingerprint density at radius 1 is 1.10 bits per heavy atom. The van der Waals surface area contributed by atoms with Crippen molar-refractivity contribution in [1.82, 2.24) is 5.32 Å². The van der Waals surface area contributed by atoms with Gasteiger partial charge in [-0.2, -0.15) is 0 Å². The van der Waals surface area contributed by atoms with Crippen LogP contribution in [-0.2, 0) is 17.8 Å². The van der Waals surface area contributed by atoms with Crippen molar-refractivity contribution >= 4 is 5.91 Å². The minimum Gasteiger partial charge on any atom is -0.496 e. The number of ether oxygens (including phenoxy) is 1. The van der Waals surface area contributed by atoms with Gasteiger partial charge in [0.1, 0.15) is 38.5 Å². The van der Waals surface area contributed by atoms with Gasteiger partial charge in [-0.05, 0) is 49.4 Å². The number of rotatable bonds is 6. The summed E-state index contributed by atoms with van der Waals surface area (Å²) in [4.78, 5) is 15.7. The standard InChI is InChI=1S/C25H33N3O2/c1-19-10-11-24(30-2)21(16-19)17-27-12-14-28(15-13-27)18-25(29)26-23-9-5-7-20-6-3-4-8-22(20)23/h3-4,6,8,10-11,16,23H,5,7,9,12-15,17-18H2,1-2H3,(H,26,29)/p+2/t23-/m0/s1. The van der Waals surface area contributed by atoms with Gasteiger partial charge in [-0.15, -0.1) is 0 Å². The average molecular weight is 410 g/mol. The molecule has 1 aliphatic carbocycles. The number of quaternary nitrogens is 2. The van der Waals surface area contributed by atoms with Gasteiger partial charge < -0.3 is 19.9 Å². The van der Waals surface area contributed by atoms with Gasteiger partial charge in [0, 0.05) is 5.56 Å². The van der Waals surface area contributed by atoms with Gasteiger partial charge in [-0.25, -0.2) is 0 Å². The second-order valence-electron chi connectivity index (χ2n) is 8.88. The van der Waals surface area contributed by atoms with E-state index < -0.39 is 0 Å². The molecule has 0 radical (unpaired) electrons. The molecular formula is C25H35N3O2+2. The van der Waals surface area contributed by atoms with Crippen LogP contribution >= 0.6 is 0 Å². The number of hydrogen-bond acceptors (Lipinski definition) is 2. The molecule has 0 unspecified atom stereocenters.